The van der Waals surface area contributed by atoms with Crippen molar-refractivity contribution in [3.05, 3.63) is 164 Å². The van der Waals surface area contributed by atoms with E-state index in [0.29, 0.717) is 91.0 Å². The predicted octanol–water partition coefficient (Wildman–Crippen LogP) is 36.2. The van der Waals surface area contributed by atoms with Crippen molar-refractivity contribution in [1.82, 2.24) is 0 Å². The van der Waals surface area contributed by atoms with Crippen molar-refractivity contribution in [2.75, 3.05) is 6.61 Å². The molecule has 5 aliphatic heterocycles. The van der Waals surface area contributed by atoms with E-state index in [-0.39, 0.29) is 75.3 Å². The Kier molecular flexibility index (Phi) is 55.2. The predicted molar refractivity (Wildman–Crippen MR) is 623 cm³/mol. The lowest BCUT2D eigenvalue weighted by Crippen LogP contribution is -2.48. The number of aliphatic hydroxyl groups excluding tert-OH is 3. The Balaban J connectivity index is 0.000000247. The van der Waals surface area contributed by atoms with Crippen molar-refractivity contribution in [2.45, 2.75) is 560 Å². The summed E-state index contributed by atoms with van der Waals surface area (Å²) in [6.07, 6.45) is 79.2. The largest absolute Gasteiger partial charge is 0.495 e. The molecule has 13 nitrogen and oxygen atoms in total. The molecular weight excluding hydrogens is 1840 g/mol. The molecule has 1 aromatic carbocycles. The van der Waals surface area contributed by atoms with Gasteiger partial charge in [-0.15, -0.1) is 0 Å². The van der Waals surface area contributed by atoms with Crippen molar-refractivity contribution < 1.29 is 62.1 Å². The number of benzene rings is 1. The molecule has 10 aliphatic rings. The van der Waals surface area contributed by atoms with Crippen molar-refractivity contribution in [2.24, 2.45) is 76.9 Å². The summed E-state index contributed by atoms with van der Waals surface area (Å²) in [6.45, 7) is 79.2. The van der Waals surface area contributed by atoms with Crippen LogP contribution in [0.1, 0.15) is 432 Å². The van der Waals surface area contributed by atoms with Gasteiger partial charge in [0, 0.05) is 80.6 Å². The van der Waals surface area contributed by atoms with E-state index in [1.54, 1.807) is 0 Å². The third-order valence-electron chi connectivity index (χ3n) is 36.4. The molecule has 4 N–H and O–H groups in total. The standard InChI is InChI=1S/C31H48O3Si.2C28H52O2Si.2C21H36O3/c1-23-14-13-16-26(20-23)32-22-27(34-35(7,8)31(4,5)6)18-19-28-24(2)21-30-29(28)17-12-10-9-11-15-25(3)33-30;1-10-11-15-19-28(7,30-31(8,9)27(4,5)6)20-18-24-22(2)21-26-25(24)17-14-12-13-16-23(3)29-26;1-9-10-13-17-24(30-31(7,8)28(4,5)6)19-20-25-22(2)21-27-26(25)18-15-12-11-14-16-23(3)29-27;1-4-5-9-13-21(3,23)14-12-17-18-11-8-6-7-10-16(2)24-20(18)15-19(17)22;1-3-4-7-11-17(22)13-14-18-19-12-9-6-5-8-10-16(2)24-21(19)15-20(18)23/h10,12-14,16,18-20,24,27-30H,3,9,11,15,17,21-22H2,1-2,4-8H3;12,14,22,24-26H,3,10-11,13,15-21H2,1-2,4-9H3;12,15,22,24-27H,3,9-11,13-14,16-21H2,1-2,4-8H3;6,8,17-20,22-23H,2,4-5,7,9-15H2,1,3H3;6,9,17-23H,2-5,7-8,10-15H2,1H3/b12-10-,19-18+;14-12-;15-12-;8-6-;9-6-/t24-,27-,28+,29-,30+;22-,24+,25-,26+,28?;22-,24+,25+,26-,27+;17-,18-,19-,20+,21?;17-,18+,19+,20+,21-/m11110/s1. The molecule has 0 aromatic heterocycles. The van der Waals surface area contributed by atoms with E-state index in [1.165, 1.54) is 121 Å². The second-order valence-corrected chi connectivity index (χ2v) is 66.3. The van der Waals surface area contributed by atoms with Crippen LogP contribution in [0.5, 0.6) is 5.75 Å². The first-order valence-electron chi connectivity index (χ1n) is 59.6. The molecule has 2 unspecified atom stereocenters. The zero-order chi connectivity index (χ0) is 107. The summed E-state index contributed by atoms with van der Waals surface area (Å²) in [4.78, 5) is 0. The maximum atomic E-state index is 10.6. The van der Waals surface area contributed by atoms with E-state index in [4.69, 9.17) is 41.7 Å². The highest BCUT2D eigenvalue weighted by atomic mass is 28.4. The maximum Gasteiger partial charge on any atom is 0.193 e. The van der Waals surface area contributed by atoms with Crippen LogP contribution in [0.2, 0.25) is 54.4 Å². The van der Waals surface area contributed by atoms with Crippen molar-refractivity contribution >= 4 is 25.0 Å². The third kappa shape index (κ3) is 43.8. The minimum Gasteiger partial charge on any atom is -0.495 e. The Labute approximate surface area is 894 Å². The van der Waals surface area contributed by atoms with E-state index in [2.05, 4.69) is 282 Å². The van der Waals surface area contributed by atoms with Gasteiger partial charge in [0.15, 0.2) is 25.0 Å². The van der Waals surface area contributed by atoms with E-state index >= 15 is 0 Å². The average Bonchev–Trinajstić information content (AvgIpc) is 1.79. The summed E-state index contributed by atoms with van der Waals surface area (Å²) in [5.41, 5.74) is 0.581. The van der Waals surface area contributed by atoms with Crippen LogP contribution in [0.25, 0.3) is 0 Å². The molecular formula is C129H224O13Si3. The molecule has 0 amide bonds. The molecule has 5 heterocycles. The number of hydrogen-bond acceptors (Lipinski definition) is 13. The van der Waals surface area contributed by atoms with Gasteiger partial charge < -0.3 is 62.1 Å². The zero-order valence-corrected chi connectivity index (χ0v) is 101. The third-order valence-corrected chi connectivity index (χ3v) is 50.1. The molecule has 145 heavy (non-hydrogen) atoms. The smallest absolute Gasteiger partial charge is 0.193 e. The van der Waals surface area contributed by atoms with Crippen molar-refractivity contribution in [1.29, 1.82) is 0 Å². The summed E-state index contributed by atoms with van der Waals surface area (Å²) in [6, 6.07) is 8.26. The van der Waals surface area contributed by atoms with Gasteiger partial charge >= 0.3 is 0 Å². The number of ether oxygens (including phenoxy) is 6. The number of allylic oxidation sites excluding steroid dienone is 16. The molecule has 5 saturated carbocycles. The minimum absolute atomic E-state index is 0.00518. The van der Waals surface area contributed by atoms with Gasteiger partial charge in [-0.1, -0.05) is 306 Å². The topological polar surface area (TPSA) is 164 Å². The van der Waals surface area contributed by atoms with Crippen LogP contribution in [0.3, 0.4) is 0 Å². The fraction of sp³-hybridized carbons (Fsp3) is 0.783. The molecule has 11 rings (SSSR count). The van der Waals surface area contributed by atoms with E-state index < -0.39 is 30.6 Å². The number of fused-ring (bicyclic) bond motifs is 5. The normalized spacial score (nSPS) is 30.9. The van der Waals surface area contributed by atoms with E-state index in [9.17, 15) is 20.4 Å². The molecule has 0 bridgehead atoms. The maximum absolute atomic E-state index is 10.6. The molecule has 16 heteroatoms. The fourth-order valence-corrected chi connectivity index (χ4v) is 28.7. The summed E-state index contributed by atoms with van der Waals surface area (Å²) in [7, 11) is -5.51. The second kappa shape index (κ2) is 62.8. The Morgan fingerprint density at radius 1 is 0.414 bits per heavy atom. The molecule has 5 fully saturated rings. The highest BCUT2D eigenvalue weighted by Crippen LogP contribution is 2.53. The van der Waals surface area contributed by atoms with Crippen molar-refractivity contribution in [3.63, 3.8) is 0 Å². The Hall–Kier alpha value is -4.47. The van der Waals surface area contributed by atoms with Crippen LogP contribution in [0.15, 0.2) is 159 Å². The summed E-state index contributed by atoms with van der Waals surface area (Å²) >= 11 is 0. The number of unbranched alkanes of at least 4 members (excludes halogenated alkanes) is 8. The quantitative estimate of drug-likeness (QED) is 0.0280. The summed E-state index contributed by atoms with van der Waals surface area (Å²) in [5.74, 6) is 12.3. The van der Waals surface area contributed by atoms with Crippen LogP contribution >= 0.6 is 0 Å². The van der Waals surface area contributed by atoms with Crippen LogP contribution in [-0.2, 0) is 37.0 Å². The van der Waals surface area contributed by atoms with Gasteiger partial charge in [-0.3, -0.25) is 0 Å². The zero-order valence-electron chi connectivity index (χ0n) is 98.0. The Bertz CT molecular complexity index is 4070. The number of aryl methyl sites for hydroxylation is 1. The van der Waals surface area contributed by atoms with Gasteiger partial charge in [-0.2, -0.15) is 0 Å². The Morgan fingerprint density at radius 2 is 0.800 bits per heavy atom. The van der Waals surface area contributed by atoms with Gasteiger partial charge in [-0.05, 0) is 320 Å². The van der Waals surface area contributed by atoms with Gasteiger partial charge in [0.1, 0.15) is 42.9 Å². The lowest BCUT2D eigenvalue weighted by atomic mass is 9.80. The molecule has 0 radical (unpaired) electrons. The lowest BCUT2D eigenvalue weighted by molar-refractivity contribution is 0.0183. The molecule has 0 saturated heterocycles. The molecule has 25 atom stereocenters. The highest BCUT2D eigenvalue weighted by molar-refractivity contribution is 6.75. The lowest BCUT2D eigenvalue weighted by Gasteiger charge is -2.45. The molecule has 5 aliphatic carbocycles. The molecule has 830 valence electrons. The van der Waals surface area contributed by atoms with Gasteiger partial charge in [-0.25, -0.2) is 0 Å². The Morgan fingerprint density at radius 3 is 1.27 bits per heavy atom. The molecule has 1 aromatic rings. The van der Waals surface area contributed by atoms with Crippen LogP contribution < -0.4 is 4.74 Å². The summed E-state index contributed by atoms with van der Waals surface area (Å²) < 4.78 is 58.5. The monoisotopic (exact) mass is 2070 g/mol. The highest BCUT2D eigenvalue weighted by Gasteiger charge is 2.51. The van der Waals surface area contributed by atoms with Gasteiger partial charge in [0.25, 0.3) is 0 Å². The van der Waals surface area contributed by atoms with Crippen LogP contribution in [-0.4, -0.2) is 124 Å². The average molecular weight is 2070 g/mol. The summed E-state index contributed by atoms with van der Waals surface area (Å²) in [5, 5.41) is 42.6. The van der Waals surface area contributed by atoms with Gasteiger partial charge in [0.05, 0.1) is 64.4 Å². The number of rotatable bonds is 39. The first-order valence-corrected chi connectivity index (χ1v) is 68.3. The van der Waals surface area contributed by atoms with Crippen molar-refractivity contribution in [3.8, 4) is 5.75 Å². The van der Waals surface area contributed by atoms with Gasteiger partial charge in [0.2, 0.25) is 0 Å². The fourth-order valence-electron chi connectivity index (χ4n) is 24.3. The first-order chi connectivity index (χ1) is 68.4. The van der Waals surface area contributed by atoms with E-state index in [1.807, 2.05) is 19.1 Å². The second-order valence-electron chi connectivity index (χ2n) is 52.1. The number of hydrogen-bond donors (Lipinski definition) is 4. The SMILES string of the molecule is C=C1CC/C=C\C[C@@H]2[C@@H](CCC(C)(CCCCC)O[Si](C)(C)C(C)(C)C)[C@H](C)C[C@@H]2O1.C=C1CC/C=C\C[C@@H]2[C@@H](CCC(C)(O)CCCCC)[C@H](O)C[C@@H]2O1.C=C1CCC/C=C\C[C@@H]2[C@@H](/C=C/[C@H](COc3cccc(C)c3)O[Si](C)(C)C(C)(C)C)[C@H](C)C[C@@H]2O1.C=C1CCC/C=C\C[C@@H]2[C@@H](CC[C@@H](O)CCCCC)[C@H](O)C[C@@H]2O1.C=C1CCC/C=C\C[C@@H]2[C@@H](CC[C@H](CCCCC)O[Si](C)(C)C(C)(C)C)[C@H](C)C[C@@H]2O1. The molecule has 0 spiro atoms. The van der Waals surface area contributed by atoms with E-state index in [0.717, 1.165) is 220 Å². The van der Waals surface area contributed by atoms with Crippen LogP contribution in [0.4, 0.5) is 0 Å². The minimum atomic E-state index is -1.96. The number of aliphatic hydroxyl groups is 4. The van der Waals surface area contributed by atoms with Crippen LogP contribution in [0, 0.1) is 83.9 Å². The first kappa shape index (κ1) is 127.